The number of hydrogen-bond acceptors (Lipinski definition) is 8. The van der Waals surface area contributed by atoms with E-state index in [0.717, 1.165) is 37.0 Å². The van der Waals surface area contributed by atoms with Gasteiger partial charge in [-0.1, -0.05) is 18.5 Å². The highest BCUT2D eigenvalue weighted by atomic mass is 19.1. The average molecular weight is 557 g/mol. The van der Waals surface area contributed by atoms with Crippen molar-refractivity contribution >= 4 is 28.7 Å². The Hall–Kier alpha value is -4.25. The van der Waals surface area contributed by atoms with Crippen LogP contribution in [0.3, 0.4) is 0 Å². The zero-order valence-electron chi connectivity index (χ0n) is 22.6. The van der Waals surface area contributed by atoms with E-state index in [1.165, 1.54) is 25.5 Å². The number of ketones is 1. The molecule has 1 aliphatic heterocycles. The smallest absolute Gasteiger partial charge is 0.328 e. The first-order valence-corrected chi connectivity index (χ1v) is 12.9. The van der Waals surface area contributed by atoms with Crippen molar-refractivity contribution in [3.8, 4) is 11.5 Å². The molecule has 2 heterocycles. The lowest BCUT2D eigenvalue weighted by Crippen LogP contribution is -2.47. The molecule has 2 aromatic carbocycles. The maximum absolute atomic E-state index is 13.5. The van der Waals surface area contributed by atoms with Crippen molar-refractivity contribution in [1.29, 1.82) is 0 Å². The molecule has 1 fully saturated rings. The van der Waals surface area contributed by atoms with Gasteiger partial charge in [-0.25, -0.2) is 14.0 Å². The number of Topliss-reactive ketones (excluding diaryl/α,β-unsaturated/α-hetero) is 1. The Balaban J connectivity index is 0.000000482. The van der Waals surface area contributed by atoms with E-state index in [1.807, 2.05) is 0 Å². The Kier molecular flexibility index (Phi) is 10.8. The van der Waals surface area contributed by atoms with Crippen LogP contribution in [0.15, 0.2) is 53.1 Å². The Bertz CT molecular complexity index is 1350. The quantitative estimate of drug-likeness (QED) is 0.260. The summed E-state index contributed by atoms with van der Waals surface area (Å²) in [5.74, 6) is -1.67. The molecule has 3 aromatic rings. The number of carboxylic acid groups (broad SMARTS) is 2. The lowest BCUT2D eigenvalue weighted by molar-refractivity contribution is -0.134. The van der Waals surface area contributed by atoms with Crippen molar-refractivity contribution in [2.24, 2.45) is 5.92 Å². The van der Waals surface area contributed by atoms with Gasteiger partial charge in [-0.2, -0.15) is 0 Å². The third kappa shape index (κ3) is 8.37. The minimum Gasteiger partial charge on any atom is -0.493 e. The zero-order chi connectivity index (χ0) is 29.2. The van der Waals surface area contributed by atoms with Crippen molar-refractivity contribution in [3.05, 3.63) is 65.6 Å². The van der Waals surface area contributed by atoms with Crippen LogP contribution in [0.4, 0.5) is 4.39 Å². The Labute approximate surface area is 231 Å². The molecule has 1 aromatic heterocycles. The fourth-order valence-electron chi connectivity index (χ4n) is 4.50. The number of ether oxygens (including phenoxy) is 2. The molecule has 40 heavy (non-hydrogen) atoms. The molecule has 1 saturated heterocycles. The molecule has 0 aliphatic carbocycles. The first kappa shape index (κ1) is 30.3. The molecule has 1 unspecified atom stereocenters. The van der Waals surface area contributed by atoms with Crippen LogP contribution in [0.2, 0.25) is 0 Å². The monoisotopic (exact) mass is 556 g/mol. The number of nitrogens with zero attached hydrogens (tertiary/aromatic N) is 2. The lowest BCUT2D eigenvalue weighted by atomic mass is 9.98. The van der Waals surface area contributed by atoms with Crippen molar-refractivity contribution < 1.29 is 43.0 Å². The first-order valence-electron chi connectivity index (χ1n) is 12.9. The highest BCUT2D eigenvalue weighted by molar-refractivity contribution is 5.94. The highest BCUT2D eigenvalue weighted by Gasteiger charge is 2.30. The maximum Gasteiger partial charge on any atom is 0.328 e. The Morgan fingerprint density at radius 3 is 2.33 bits per heavy atom. The minimum absolute atomic E-state index is 0.0230. The standard InChI is InChI=1S/C25H29FN2O4.C4H4O4/c1-16(13-21-20-9-8-19(26)15-23(20)32-27-21)25(28-11-5-4-6-12-28)31-22-10-7-18(17(2)29)14-24(22)30-3;5-3(6)1-2-4(7)8/h7-10,14-16,25H,4-6,11-13H2,1-3H3;1-2H,(H,5,6)(H,7,8)/t16?,25-;/m1./s1. The summed E-state index contributed by atoms with van der Waals surface area (Å²) in [6.45, 7) is 5.56. The largest absolute Gasteiger partial charge is 0.493 e. The number of carbonyl (C=O) groups is 3. The molecule has 1 aliphatic rings. The molecule has 214 valence electrons. The summed E-state index contributed by atoms with van der Waals surface area (Å²) in [7, 11) is 1.58. The van der Waals surface area contributed by atoms with E-state index in [0.29, 0.717) is 41.2 Å². The van der Waals surface area contributed by atoms with Gasteiger partial charge in [0.15, 0.2) is 29.1 Å². The van der Waals surface area contributed by atoms with E-state index in [1.54, 1.807) is 31.4 Å². The average Bonchev–Trinajstić information content (AvgIpc) is 3.32. The summed E-state index contributed by atoms with van der Waals surface area (Å²) in [5, 5.41) is 20.6. The number of halogens is 1. The predicted octanol–water partition coefficient (Wildman–Crippen LogP) is 4.96. The summed E-state index contributed by atoms with van der Waals surface area (Å²) in [6, 6.07) is 9.77. The van der Waals surface area contributed by atoms with Crippen LogP contribution < -0.4 is 9.47 Å². The zero-order valence-corrected chi connectivity index (χ0v) is 22.6. The van der Waals surface area contributed by atoms with E-state index in [9.17, 15) is 18.8 Å². The summed E-state index contributed by atoms with van der Waals surface area (Å²) in [6.07, 6.45) is 4.99. The molecule has 0 saturated carbocycles. The van der Waals surface area contributed by atoms with Crippen LogP contribution in [0.5, 0.6) is 11.5 Å². The molecule has 0 bridgehead atoms. The number of likely N-dealkylation sites (tertiary alicyclic amines) is 1. The van der Waals surface area contributed by atoms with Gasteiger partial charge in [-0.3, -0.25) is 9.69 Å². The normalized spacial score (nSPS) is 15.2. The number of carbonyl (C=O) groups excluding carboxylic acids is 1. The van der Waals surface area contributed by atoms with Gasteiger partial charge in [0.05, 0.1) is 12.8 Å². The Morgan fingerprint density at radius 1 is 1.05 bits per heavy atom. The number of benzene rings is 2. The van der Waals surface area contributed by atoms with Gasteiger partial charge in [0.25, 0.3) is 0 Å². The first-order chi connectivity index (χ1) is 19.1. The molecule has 0 spiro atoms. The number of carboxylic acids is 2. The van der Waals surface area contributed by atoms with E-state index in [4.69, 9.17) is 24.2 Å². The van der Waals surface area contributed by atoms with Crippen LogP contribution in [0.25, 0.3) is 11.0 Å². The van der Waals surface area contributed by atoms with Crippen molar-refractivity contribution in [2.75, 3.05) is 20.2 Å². The second-order valence-corrected chi connectivity index (χ2v) is 9.49. The molecule has 2 atom stereocenters. The van der Waals surface area contributed by atoms with Crippen LogP contribution in [0.1, 0.15) is 49.2 Å². The van der Waals surface area contributed by atoms with E-state index in [-0.39, 0.29) is 23.7 Å². The van der Waals surface area contributed by atoms with E-state index in [2.05, 4.69) is 17.0 Å². The van der Waals surface area contributed by atoms with Gasteiger partial charge < -0.3 is 24.2 Å². The van der Waals surface area contributed by atoms with Gasteiger partial charge in [-0.05, 0) is 50.1 Å². The summed E-state index contributed by atoms with van der Waals surface area (Å²) >= 11 is 0. The topological polar surface area (TPSA) is 139 Å². The molecule has 0 radical (unpaired) electrons. The lowest BCUT2D eigenvalue weighted by Gasteiger charge is -2.38. The number of rotatable bonds is 10. The molecule has 11 heteroatoms. The number of hydrogen-bond donors (Lipinski definition) is 2. The third-order valence-electron chi connectivity index (χ3n) is 6.45. The predicted molar refractivity (Wildman–Crippen MR) is 144 cm³/mol. The molecular formula is C29H33FN2O8. The summed E-state index contributed by atoms with van der Waals surface area (Å²) < 4.78 is 30.9. The second-order valence-electron chi connectivity index (χ2n) is 9.49. The van der Waals surface area contributed by atoms with Crippen LogP contribution >= 0.6 is 0 Å². The number of methoxy groups -OCH3 is 1. The number of fused-ring (bicyclic) bond motifs is 1. The fraction of sp³-hybridized carbons (Fsp3) is 0.379. The summed E-state index contributed by atoms with van der Waals surface area (Å²) in [5.41, 5.74) is 1.82. The molecular weight excluding hydrogens is 523 g/mol. The number of piperidine rings is 1. The van der Waals surface area contributed by atoms with Crippen molar-refractivity contribution in [2.45, 2.75) is 45.8 Å². The molecule has 2 N–H and O–H groups in total. The number of aromatic nitrogens is 1. The second kappa shape index (κ2) is 14.2. The molecule has 10 nitrogen and oxygen atoms in total. The minimum atomic E-state index is -1.26. The maximum atomic E-state index is 13.5. The van der Waals surface area contributed by atoms with Crippen LogP contribution in [0, 0.1) is 11.7 Å². The van der Waals surface area contributed by atoms with Crippen molar-refractivity contribution in [3.63, 3.8) is 0 Å². The van der Waals surface area contributed by atoms with E-state index < -0.39 is 11.9 Å². The third-order valence-corrected chi connectivity index (χ3v) is 6.45. The highest BCUT2D eigenvalue weighted by Crippen LogP contribution is 2.33. The van der Waals surface area contributed by atoms with Gasteiger partial charge in [0, 0.05) is 54.6 Å². The van der Waals surface area contributed by atoms with Gasteiger partial charge in [-0.15, -0.1) is 0 Å². The fourth-order valence-corrected chi connectivity index (χ4v) is 4.50. The molecule has 0 amide bonds. The van der Waals surface area contributed by atoms with Gasteiger partial charge in [0.2, 0.25) is 0 Å². The van der Waals surface area contributed by atoms with Gasteiger partial charge >= 0.3 is 11.9 Å². The summed E-state index contributed by atoms with van der Waals surface area (Å²) in [4.78, 5) is 33.2. The van der Waals surface area contributed by atoms with Crippen molar-refractivity contribution in [1.82, 2.24) is 10.1 Å². The van der Waals surface area contributed by atoms with Crippen LogP contribution in [-0.2, 0) is 16.0 Å². The van der Waals surface area contributed by atoms with Gasteiger partial charge in [0.1, 0.15) is 5.82 Å². The SMILES string of the molecule is COc1cc(C(C)=O)ccc1O[C@H](C(C)Cc1noc2cc(F)ccc12)N1CCCCC1.O=C(O)C=CC(=O)O. The molecule has 4 rings (SSSR count). The van der Waals surface area contributed by atoms with E-state index >= 15 is 0 Å². The number of aliphatic carboxylic acids is 2. The van der Waals surface area contributed by atoms with Crippen LogP contribution in [-0.4, -0.2) is 64.4 Å². The Morgan fingerprint density at radius 2 is 1.73 bits per heavy atom.